The number of aromatic nitrogens is 2. The van der Waals surface area contributed by atoms with E-state index in [1.807, 2.05) is 56.4 Å². The minimum Gasteiger partial charge on any atom is -0.290 e. The van der Waals surface area contributed by atoms with Crippen LogP contribution in [0.1, 0.15) is 39.2 Å². The molecule has 7 nitrogen and oxygen atoms in total. The fourth-order valence-corrected chi connectivity index (χ4v) is 7.97. The number of hydrogen-bond donors (Lipinski definition) is 0. The molecule has 1 unspecified atom stereocenters. The Morgan fingerprint density at radius 2 is 1.89 bits per heavy atom. The Balaban J connectivity index is 1.59. The molecule has 2 aliphatic heterocycles. The van der Waals surface area contributed by atoms with Gasteiger partial charge in [0.15, 0.2) is 0 Å². The predicted octanol–water partition coefficient (Wildman–Crippen LogP) is 5.57. The molecule has 2 saturated heterocycles. The van der Waals surface area contributed by atoms with Crippen LogP contribution in [0.25, 0.3) is 23.0 Å². The molecule has 3 heterocycles. The van der Waals surface area contributed by atoms with Crippen molar-refractivity contribution in [2.75, 3.05) is 13.1 Å². The fraction of sp³-hybridized carbons (Fsp3) is 0.321. The largest absolute Gasteiger partial charge is 0.290 e. The summed E-state index contributed by atoms with van der Waals surface area (Å²) in [5.41, 5.74) is 2.82. The predicted molar refractivity (Wildman–Crippen MR) is 156 cm³/mol. The molecule has 5 rings (SSSR count). The molecule has 3 aromatic rings. The Labute approximate surface area is 233 Å². The van der Waals surface area contributed by atoms with Crippen LogP contribution in [0.15, 0.2) is 70.6 Å². The van der Waals surface area contributed by atoms with Crippen LogP contribution in [0.4, 0.5) is 0 Å². The van der Waals surface area contributed by atoms with Crippen LogP contribution in [0.3, 0.4) is 0 Å². The van der Waals surface area contributed by atoms with E-state index < -0.39 is 10.0 Å². The quantitative estimate of drug-likeness (QED) is 0.287. The molecule has 0 spiro atoms. The number of nitrogens with zero attached hydrogens (tertiary/aromatic N) is 4. The summed E-state index contributed by atoms with van der Waals surface area (Å²) in [6.45, 7) is 7.01. The van der Waals surface area contributed by atoms with Crippen molar-refractivity contribution in [2.24, 2.45) is 5.92 Å². The SMILES string of the molecule is CC1CCCN(S(=O)(=O)c2cccc(-c3nn(-c4ccccc4)cc3C=C3SC(=S)N(C(C)C)C3=O)c2)C1. The number of amides is 1. The van der Waals surface area contributed by atoms with Gasteiger partial charge in [0.05, 0.1) is 15.5 Å². The molecule has 0 bridgehead atoms. The Bertz CT molecular complexity index is 1510. The van der Waals surface area contributed by atoms with Gasteiger partial charge in [-0.1, -0.05) is 61.2 Å². The fourth-order valence-electron chi connectivity index (χ4n) is 4.81. The number of benzene rings is 2. The third-order valence-electron chi connectivity index (χ3n) is 6.75. The van der Waals surface area contributed by atoms with E-state index in [0.717, 1.165) is 18.5 Å². The zero-order chi connectivity index (χ0) is 27.0. The number of thiocarbonyl (C=S) groups is 1. The number of carbonyl (C=O) groups is 1. The smallest absolute Gasteiger partial charge is 0.266 e. The van der Waals surface area contributed by atoms with Crippen molar-refractivity contribution < 1.29 is 13.2 Å². The summed E-state index contributed by atoms with van der Waals surface area (Å²) in [4.78, 5) is 15.5. The molecule has 0 N–H and O–H groups in total. The van der Waals surface area contributed by atoms with Gasteiger partial charge in [-0.05, 0) is 62.9 Å². The molecule has 1 amide bonds. The average Bonchev–Trinajstić information content (AvgIpc) is 3.45. The summed E-state index contributed by atoms with van der Waals surface area (Å²) in [6.07, 6.45) is 5.56. The maximum Gasteiger partial charge on any atom is 0.266 e. The summed E-state index contributed by atoms with van der Waals surface area (Å²) >= 11 is 6.73. The second-order valence-electron chi connectivity index (χ2n) is 10.00. The zero-order valence-corrected chi connectivity index (χ0v) is 24.0. The van der Waals surface area contributed by atoms with Gasteiger partial charge in [-0.2, -0.15) is 9.40 Å². The van der Waals surface area contributed by atoms with Crippen LogP contribution in [-0.4, -0.2) is 56.8 Å². The topological polar surface area (TPSA) is 75.5 Å². The van der Waals surface area contributed by atoms with Gasteiger partial charge >= 0.3 is 0 Å². The van der Waals surface area contributed by atoms with Crippen LogP contribution in [0.2, 0.25) is 0 Å². The third kappa shape index (κ3) is 5.22. The van der Waals surface area contributed by atoms with Crippen molar-refractivity contribution in [1.29, 1.82) is 0 Å². The number of hydrogen-bond acceptors (Lipinski definition) is 6. The highest BCUT2D eigenvalue weighted by molar-refractivity contribution is 8.26. The standard InChI is InChI=1S/C28H30N4O3S3/c1-19(2)32-27(33)25(37-28(32)36)16-22-18-31(23-11-5-4-6-12-23)29-26(22)21-10-7-13-24(15-21)38(34,35)30-14-8-9-20(3)17-30/h4-7,10-13,15-16,18-20H,8-9,14,17H2,1-3H3. The lowest BCUT2D eigenvalue weighted by atomic mass is 10.0. The summed E-state index contributed by atoms with van der Waals surface area (Å²) in [6, 6.07) is 16.6. The van der Waals surface area contributed by atoms with E-state index >= 15 is 0 Å². The summed E-state index contributed by atoms with van der Waals surface area (Å²) in [5.74, 6) is 0.198. The van der Waals surface area contributed by atoms with Gasteiger partial charge in [0, 0.05) is 36.5 Å². The zero-order valence-electron chi connectivity index (χ0n) is 21.6. The normalized spacial score (nSPS) is 20.2. The molecule has 0 saturated carbocycles. The third-order valence-corrected chi connectivity index (χ3v) is 9.95. The number of para-hydroxylation sites is 1. The highest BCUT2D eigenvalue weighted by Gasteiger charge is 2.34. The Hall–Kier alpha value is -2.79. The second kappa shape index (κ2) is 10.8. The first-order chi connectivity index (χ1) is 18.1. The van der Waals surface area contributed by atoms with Crippen LogP contribution >= 0.6 is 24.0 Å². The first-order valence-corrected chi connectivity index (χ1v) is 15.3. The van der Waals surface area contributed by atoms with Crippen molar-refractivity contribution in [2.45, 2.75) is 44.6 Å². The van der Waals surface area contributed by atoms with Gasteiger partial charge in [0.1, 0.15) is 10.0 Å². The van der Waals surface area contributed by atoms with Gasteiger partial charge in [-0.15, -0.1) is 0 Å². The van der Waals surface area contributed by atoms with Gasteiger partial charge in [-0.25, -0.2) is 13.1 Å². The Kier molecular flexibility index (Phi) is 7.59. The minimum absolute atomic E-state index is 0.0423. The average molecular weight is 567 g/mol. The van der Waals surface area contributed by atoms with Crippen LogP contribution in [-0.2, 0) is 14.8 Å². The van der Waals surface area contributed by atoms with Crippen molar-refractivity contribution in [3.8, 4) is 16.9 Å². The molecular formula is C28H30N4O3S3. The van der Waals surface area contributed by atoms with Gasteiger partial charge < -0.3 is 0 Å². The van der Waals surface area contributed by atoms with E-state index in [0.29, 0.717) is 45.1 Å². The van der Waals surface area contributed by atoms with E-state index in [-0.39, 0.29) is 16.8 Å². The van der Waals surface area contributed by atoms with Gasteiger partial charge in [0.25, 0.3) is 5.91 Å². The molecule has 1 atom stereocenters. The van der Waals surface area contributed by atoms with Crippen LogP contribution in [0.5, 0.6) is 0 Å². The maximum absolute atomic E-state index is 13.5. The van der Waals surface area contributed by atoms with Crippen molar-refractivity contribution in [3.63, 3.8) is 0 Å². The second-order valence-corrected chi connectivity index (χ2v) is 13.6. The minimum atomic E-state index is -3.64. The Morgan fingerprint density at radius 1 is 1.13 bits per heavy atom. The molecule has 2 aliphatic rings. The highest BCUT2D eigenvalue weighted by atomic mass is 32.2. The molecule has 38 heavy (non-hydrogen) atoms. The van der Waals surface area contributed by atoms with Crippen LogP contribution in [0, 0.1) is 5.92 Å². The van der Waals surface area contributed by atoms with Gasteiger partial charge in [-0.3, -0.25) is 9.69 Å². The summed E-state index contributed by atoms with van der Waals surface area (Å²) in [5, 5.41) is 4.84. The monoisotopic (exact) mass is 566 g/mol. The lowest BCUT2D eigenvalue weighted by Gasteiger charge is -2.30. The van der Waals surface area contributed by atoms with Gasteiger partial charge in [0.2, 0.25) is 10.0 Å². The van der Waals surface area contributed by atoms with E-state index in [1.165, 1.54) is 11.8 Å². The number of sulfonamides is 1. The number of piperidine rings is 1. The van der Waals surface area contributed by atoms with Crippen molar-refractivity contribution >= 4 is 50.3 Å². The number of thioether (sulfide) groups is 1. The number of rotatable bonds is 6. The Morgan fingerprint density at radius 3 is 2.58 bits per heavy atom. The van der Waals surface area contributed by atoms with E-state index in [2.05, 4.69) is 6.92 Å². The lowest BCUT2D eigenvalue weighted by molar-refractivity contribution is -0.123. The van der Waals surface area contributed by atoms with Crippen LogP contribution < -0.4 is 0 Å². The molecule has 2 fully saturated rings. The first kappa shape index (κ1) is 26.8. The van der Waals surface area contributed by atoms with E-state index in [9.17, 15) is 13.2 Å². The molecular weight excluding hydrogens is 537 g/mol. The van der Waals surface area contributed by atoms with E-state index in [1.54, 1.807) is 38.2 Å². The molecule has 2 aromatic carbocycles. The lowest BCUT2D eigenvalue weighted by Crippen LogP contribution is -2.39. The molecule has 10 heteroatoms. The molecule has 0 aliphatic carbocycles. The van der Waals surface area contributed by atoms with E-state index in [4.69, 9.17) is 17.3 Å². The maximum atomic E-state index is 13.5. The molecule has 0 radical (unpaired) electrons. The summed E-state index contributed by atoms with van der Waals surface area (Å²) < 4.78 is 30.9. The first-order valence-electron chi connectivity index (χ1n) is 12.7. The molecule has 198 valence electrons. The molecule has 1 aromatic heterocycles. The number of carbonyl (C=O) groups excluding carboxylic acids is 1. The van der Waals surface area contributed by atoms with Crippen molar-refractivity contribution in [1.82, 2.24) is 19.0 Å². The van der Waals surface area contributed by atoms with Crippen molar-refractivity contribution in [3.05, 3.63) is 71.3 Å². The summed E-state index contributed by atoms with van der Waals surface area (Å²) in [7, 11) is -3.64. The highest BCUT2D eigenvalue weighted by Crippen LogP contribution is 2.36.